The van der Waals surface area contributed by atoms with Gasteiger partial charge in [-0.3, -0.25) is 4.79 Å². The smallest absolute Gasteiger partial charge is 0.255 e. The molecule has 0 bridgehead atoms. The minimum Gasteiger partial charge on any atom is -0.338 e. The molecule has 0 spiro atoms. The van der Waals surface area contributed by atoms with Crippen LogP contribution in [0.4, 0.5) is 5.69 Å². The fraction of sp³-hybridized carbons (Fsp3) is 0.273. The van der Waals surface area contributed by atoms with Gasteiger partial charge in [0, 0.05) is 17.1 Å². The lowest BCUT2D eigenvalue weighted by Gasteiger charge is -2.26. The first-order valence-electron chi connectivity index (χ1n) is 9.28. The number of nitrogens with one attached hydrogen (secondary N) is 2. The molecule has 140 valence electrons. The number of benzene rings is 2. The molecular weight excluding hydrogens is 354 g/mol. The van der Waals surface area contributed by atoms with Gasteiger partial charge in [-0.15, -0.1) is 0 Å². The van der Waals surface area contributed by atoms with E-state index in [-0.39, 0.29) is 11.9 Å². The molecule has 0 aliphatic carbocycles. The van der Waals surface area contributed by atoms with Gasteiger partial charge in [0.25, 0.3) is 5.91 Å². The molecule has 0 unspecified atom stereocenters. The van der Waals surface area contributed by atoms with Crippen molar-refractivity contribution in [2.45, 2.75) is 32.7 Å². The van der Waals surface area contributed by atoms with Crippen LogP contribution >= 0.6 is 11.8 Å². The van der Waals surface area contributed by atoms with E-state index >= 15 is 0 Å². The van der Waals surface area contributed by atoms with E-state index in [4.69, 9.17) is 4.99 Å². The zero-order chi connectivity index (χ0) is 19.1. The molecule has 1 aliphatic rings. The summed E-state index contributed by atoms with van der Waals surface area (Å²) < 4.78 is 0. The van der Waals surface area contributed by atoms with Crippen LogP contribution in [-0.2, 0) is 4.79 Å². The zero-order valence-corrected chi connectivity index (χ0v) is 16.6. The van der Waals surface area contributed by atoms with E-state index in [2.05, 4.69) is 17.6 Å². The number of thioether (sulfide) groups is 1. The van der Waals surface area contributed by atoms with Crippen molar-refractivity contribution < 1.29 is 4.79 Å². The second-order valence-corrected chi connectivity index (χ2v) is 7.52. The Morgan fingerprint density at radius 1 is 1.11 bits per heavy atom. The number of hydrogen-bond acceptors (Lipinski definition) is 4. The highest BCUT2D eigenvalue weighted by Crippen LogP contribution is 2.33. The second kappa shape index (κ2) is 9.42. The molecule has 4 nitrogen and oxygen atoms in total. The number of amides is 1. The molecular formula is C22H25N3OS. The minimum atomic E-state index is -0.305. The van der Waals surface area contributed by atoms with Gasteiger partial charge < -0.3 is 10.6 Å². The van der Waals surface area contributed by atoms with Crippen LogP contribution in [0.5, 0.6) is 0 Å². The quantitative estimate of drug-likeness (QED) is 0.684. The molecule has 1 amide bonds. The molecule has 0 radical (unpaired) electrons. The number of unbranched alkanes of at least 4 members (excludes halogenated alkanes) is 1. The minimum absolute atomic E-state index is 0.124. The first kappa shape index (κ1) is 19.2. The summed E-state index contributed by atoms with van der Waals surface area (Å²) in [6, 6.07) is 19.2. The fourth-order valence-corrected chi connectivity index (χ4v) is 3.96. The molecule has 0 aromatic heterocycles. The summed E-state index contributed by atoms with van der Waals surface area (Å²) in [4.78, 5) is 17.9. The van der Waals surface area contributed by atoms with Gasteiger partial charge in [0.2, 0.25) is 0 Å². The number of para-hydroxylation sites is 1. The Morgan fingerprint density at radius 3 is 2.44 bits per heavy atom. The van der Waals surface area contributed by atoms with Gasteiger partial charge in [0.05, 0.1) is 5.57 Å². The van der Waals surface area contributed by atoms with Crippen molar-refractivity contribution in [3.63, 3.8) is 0 Å². The third kappa shape index (κ3) is 5.01. The van der Waals surface area contributed by atoms with E-state index in [1.165, 1.54) is 0 Å². The number of carbonyl (C=O) groups is 1. The number of nitrogens with zero attached hydrogens (tertiary/aromatic N) is 1. The maximum atomic E-state index is 13.0. The molecule has 2 aromatic rings. The van der Waals surface area contributed by atoms with Gasteiger partial charge in [0.1, 0.15) is 6.04 Å². The Hall–Kier alpha value is -2.53. The predicted molar refractivity (Wildman–Crippen MR) is 115 cm³/mol. The summed E-state index contributed by atoms with van der Waals surface area (Å²) in [5.74, 6) is 0.893. The van der Waals surface area contributed by atoms with Crippen LogP contribution < -0.4 is 10.6 Å². The summed E-state index contributed by atoms with van der Waals surface area (Å²) >= 11 is 1.71. The Balaban J connectivity index is 1.88. The maximum Gasteiger partial charge on any atom is 0.255 e. The zero-order valence-electron chi connectivity index (χ0n) is 15.7. The average Bonchev–Trinajstić information content (AvgIpc) is 2.69. The van der Waals surface area contributed by atoms with E-state index < -0.39 is 0 Å². The van der Waals surface area contributed by atoms with E-state index in [1.807, 2.05) is 67.6 Å². The first-order chi connectivity index (χ1) is 13.2. The summed E-state index contributed by atoms with van der Waals surface area (Å²) in [5, 5.41) is 7.20. The summed E-state index contributed by atoms with van der Waals surface area (Å²) in [6.45, 7) is 4.13. The average molecular weight is 380 g/mol. The van der Waals surface area contributed by atoms with Crippen LogP contribution in [0.3, 0.4) is 0 Å². The number of aliphatic imine (C=N–C) groups is 1. The Morgan fingerprint density at radius 2 is 1.78 bits per heavy atom. The van der Waals surface area contributed by atoms with Crippen LogP contribution in [0.1, 0.15) is 38.3 Å². The van der Waals surface area contributed by atoms with Crippen molar-refractivity contribution >= 4 is 28.5 Å². The number of allylic oxidation sites excluding steroid dienone is 1. The number of amidine groups is 1. The summed E-state index contributed by atoms with van der Waals surface area (Å²) in [6.07, 6.45) is 2.30. The third-order valence-corrected chi connectivity index (χ3v) is 5.32. The SMILES string of the molecule is CCCCSC1=N[C@@H](c2ccccc2)C(C(=O)Nc2ccccc2)=C(C)N1. The molecule has 1 heterocycles. The van der Waals surface area contributed by atoms with Crippen LogP contribution in [0, 0.1) is 0 Å². The maximum absolute atomic E-state index is 13.0. The number of hydrogen-bond donors (Lipinski definition) is 2. The highest BCUT2D eigenvalue weighted by molar-refractivity contribution is 8.13. The second-order valence-electron chi connectivity index (χ2n) is 6.43. The Labute approximate surface area is 165 Å². The normalized spacial score (nSPS) is 16.5. The third-order valence-electron chi connectivity index (χ3n) is 4.35. The van der Waals surface area contributed by atoms with E-state index in [9.17, 15) is 4.79 Å². The topological polar surface area (TPSA) is 53.5 Å². The molecule has 1 aliphatic heterocycles. The fourth-order valence-electron chi connectivity index (χ4n) is 2.92. The van der Waals surface area contributed by atoms with Gasteiger partial charge in [0.15, 0.2) is 5.17 Å². The van der Waals surface area contributed by atoms with Gasteiger partial charge in [-0.05, 0) is 31.0 Å². The lowest BCUT2D eigenvalue weighted by atomic mass is 9.96. The van der Waals surface area contributed by atoms with Crippen molar-refractivity contribution in [3.8, 4) is 0 Å². The predicted octanol–water partition coefficient (Wildman–Crippen LogP) is 5.13. The molecule has 1 atom stereocenters. The lowest BCUT2D eigenvalue weighted by molar-refractivity contribution is -0.113. The Kier molecular flexibility index (Phi) is 6.71. The van der Waals surface area contributed by atoms with Crippen molar-refractivity contribution in [3.05, 3.63) is 77.5 Å². The monoisotopic (exact) mass is 379 g/mol. The molecule has 2 aromatic carbocycles. The number of anilines is 1. The van der Waals surface area contributed by atoms with Crippen LogP contribution in [0.25, 0.3) is 0 Å². The van der Waals surface area contributed by atoms with Crippen LogP contribution in [0.2, 0.25) is 0 Å². The number of rotatable bonds is 6. The molecule has 27 heavy (non-hydrogen) atoms. The molecule has 0 fully saturated rings. The van der Waals surface area contributed by atoms with Crippen LogP contribution in [0.15, 0.2) is 76.9 Å². The largest absolute Gasteiger partial charge is 0.338 e. The highest BCUT2D eigenvalue weighted by atomic mass is 32.2. The van der Waals surface area contributed by atoms with Crippen LogP contribution in [-0.4, -0.2) is 16.8 Å². The molecule has 2 N–H and O–H groups in total. The Bertz CT molecular complexity index is 831. The van der Waals surface area contributed by atoms with E-state index in [0.717, 1.165) is 40.7 Å². The van der Waals surface area contributed by atoms with Gasteiger partial charge >= 0.3 is 0 Å². The van der Waals surface area contributed by atoms with E-state index in [0.29, 0.717) is 5.57 Å². The number of carbonyl (C=O) groups excluding carboxylic acids is 1. The van der Waals surface area contributed by atoms with Crippen molar-refractivity contribution in [1.29, 1.82) is 0 Å². The lowest BCUT2D eigenvalue weighted by Crippen LogP contribution is -2.32. The highest BCUT2D eigenvalue weighted by Gasteiger charge is 2.29. The van der Waals surface area contributed by atoms with Gasteiger partial charge in [-0.25, -0.2) is 4.99 Å². The summed E-state index contributed by atoms with van der Waals surface area (Å²) in [5.41, 5.74) is 3.31. The van der Waals surface area contributed by atoms with Crippen molar-refractivity contribution in [2.75, 3.05) is 11.1 Å². The van der Waals surface area contributed by atoms with Gasteiger partial charge in [-0.2, -0.15) is 0 Å². The molecule has 3 rings (SSSR count). The van der Waals surface area contributed by atoms with E-state index in [1.54, 1.807) is 11.8 Å². The molecule has 0 saturated carbocycles. The van der Waals surface area contributed by atoms with Crippen molar-refractivity contribution in [1.82, 2.24) is 5.32 Å². The molecule has 5 heteroatoms. The van der Waals surface area contributed by atoms with Gasteiger partial charge in [-0.1, -0.05) is 73.6 Å². The first-order valence-corrected chi connectivity index (χ1v) is 10.3. The molecule has 0 saturated heterocycles. The summed E-state index contributed by atoms with van der Waals surface area (Å²) in [7, 11) is 0. The van der Waals surface area contributed by atoms with Crippen molar-refractivity contribution in [2.24, 2.45) is 4.99 Å². The standard InChI is InChI=1S/C22H25N3OS/c1-3-4-15-27-22-23-16(2)19(20(25-22)17-11-7-5-8-12-17)21(26)24-18-13-9-6-10-14-18/h5-14,20H,3-4,15H2,1-2H3,(H,23,25)(H,24,26)/t20-/m0/s1.